The predicted molar refractivity (Wildman–Crippen MR) is 70.6 cm³/mol. The van der Waals surface area contributed by atoms with Crippen LogP contribution in [0.2, 0.25) is 0 Å². The number of benzene rings is 1. The molecule has 1 aliphatic heterocycles. The number of aryl methyl sites for hydroxylation is 1. The Balaban J connectivity index is 2.19. The van der Waals surface area contributed by atoms with Crippen molar-refractivity contribution >= 4 is 5.91 Å². The molecule has 2 nitrogen and oxygen atoms in total. The second-order valence-corrected chi connectivity index (χ2v) is 5.38. The van der Waals surface area contributed by atoms with Gasteiger partial charge in [-0.15, -0.1) is 0 Å². The van der Waals surface area contributed by atoms with Gasteiger partial charge in [-0.3, -0.25) is 4.79 Å². The Morgan fingerprint density at radius 3 is 2.65 bits per heavy atom. The summed E-state index contributed by atoms with van der Waals surface area (Å²) in [5.41, 5.74) is 2.32. The van der Waals surface area contributed by atoms with E-state index in [1.54, 1.807) is 12.1 Å². The lowest BCUT2D eigenvalue weighted by molar-refractivity contribution is -0.184. The molecule has 0 bridgehead atoms. The minimum atomic E-state index is -4.22. The molecular formula is C15H18F3NO. The zero-order chi connectivity index (χ0) is 14.9. The smallest absolute Gasteiger partial charge is 0.338 e. The van der Waals surface area contributed by atoms with Crippen molar-refractivity contribution in [2.24, 2.45) is 5.92 Å². The molecule has 0 aliphatic carbocycles. The fourth-order valence-corrected chi connectivity index (χ4v) is 2.58. The van der Waals surface area contributed by atoms with Crippen LogP contribution in [0, 0.1) is 19.8 Å². The van der Waals surface area contributed by atoms with Crippen LogP contribution >= 0.6 is 0 Å². The molecule has 5 heteroatoms. The predicted octanol–water partition coefficient (Wildman–Crippen LogP) is 3.72. The molecule has 0 saturated carbocycles. The van der Waals surface area contributed by atoms with Crippen LogP contribution in [-0.4, -0.2) is 30.1 Å². The molecule has 0 aromatic heterocycles. The number of carbonyl (C=O) groups is 1. The van der Waals surface area contributed by atoms with E-state index in [1.165, 1.54) is 4.90 Å². The van der Waals surface area contributed by atoms with Gasteiger partial charge in [0.15, 0.2) is 0 Å². The fraction of sp³-hybridized carbons (Fsp3) is 0.533. The van der Waals surface area contributed by atoms with Crippen LogP contribution in [0.5, 0.6) is 0 Å². The number of likely N-dealkylation sites (tertiary alicyclic amines) is 1. The largest absolute Gasteiger partial charge is 0.393 e. The molecule has 0 N–H and O–H groups in total. The van der Waals surface area contributed by atoms with E-state index in [4.69, 9.17) is 0 Å². The quantitative estimate of drug-likeness (QED) is 0.770. The molecule has 1 aromatic rings. The van der Waals surface area contributed by atoms with Crippen LogP contribution in [-0.2, 0) is 0 Å². The number of alkyl halides is 3. The fourth-order valence-electron chi connectivity index (χ4n) is 2.58. The second kappa shape index (κ2) is 5.46. The van der Waals surface area contributed by atoms with Crippen molar-refractivity contribution in [1.29, 1.82) is 0 Å². The third kappa shape index (κ3) is 2.97. The van der Waals surface area contributed by atoms with Gasteiger partial charge in [0.2, 0.25) is 0 Å². The lowest BCUT2D eigenvalue weighted by Crippen LogP contribution is -2.44. The van der Waals surface area contributed by atoms with E-state index in [1.807, 2.05) is 19.9 Å². The molecule has 0 radical (unpaired) electrons. The summed E-state index contributed by atoms with van der Waals surface area (Å²) in [7, 11) is 0. The Morgan fingerprint density at radius 1 is 1.30 bits per heavy atom. The number of carbonyl (C=O) groups excluding carboxylic acids is 1. The lowest BCUT2D eigenvalue weighted by atomic mass is 9.95. The first-order valence-electron chi connectivity index (χ1n) is 6.73. The van der Waals surface area contributed by atoms with E-state index in [0.29, 0.717) is 18.5 Å². The zero-order valence-corrected chi connectivity index (χ0v) is 11.6. The van der Waals surface area contributed by atoms with Crippen LogP contribution in [0.25, 0.3) is 0 Å². The number of hydrogen-bond acceptors (Lipinski definition) is 1. The summed E-state index contributed by atoms with van der Waals surface area (Å²) < 4.78 is 38.4. The minimum absolute atomic E-state index is 0.111. The van der Waals surface area contributed by atoms with Crippen molar-refractivity contribution < 1.29 is 18.0 Å². The van der Waals surface area contributed by atoms with Crippen LogP contribution in [0.4, 0.5) is 13.2 Å². The van der Waals surface area contributed by atoms with Crippen LogP contribution in [0.3, 0.4) is 0 Å². The van der Waals surface area contributed by atoms with Crippen molar-refractivity contribution in [1.82, 2.24) is 4.90 Å². The van der Waals surface area contributed by atoms with Gasteiger partial charge in [-0.25, -0.2) is 0 Å². The molecule has 1 fully saturated rings. The van der Waals surface area contributed by atoms with Gasteiger partial charge in [0.1, 0.15) is 0 Å². The standard InChI is InChI=1S/C15H18F3NO/c1-10-5-3-7-13(11(10)2)14(20)19-8-4-6-12(9-19)15(16,17)18/h3,5,7,12H,4,6,8-9H2,1-2H3/t12-/m0/s1. The summed E-state index contributed by atoms with van der Waals surface area (Å²) in [5.74, 6) is -1.69. The molecule has 0 spiro atoms. The van der Waals surface area contributed by atoms with E-state index < -0.39 is 12.1 Å². The Morgan fingerprint density at radius 2 is 2.00 bits per heavy atom. The van der Waals surface area contributed by atoms with Gasteiger partial charge in [-0.1, -0.05) is 12.1 Å². The highest BCUT2D eigenvalue weighted by Crippen LogP contribution is 2.33. The Kier molecular flexibility index (Phi) is 4.06. The maximum absolute atomic E-state index is 12.8. The normalized spacial score (nSPS) is 20.1. The molecular weight excluding hydrogens is 267 g/mol. The average molecular weight is 285 g/mol. The van der Waals surface area contributed by atoms with E-state index in [9.17, 15) is 18.0 Å². The molecule has 110 valence electrons. The van der Waals surface area contributed by atoms with Crippen molar-refractivity contribution in [3.8, 4) is 0 Å². The number of hydrogen-bond donors (Lipinski definition) is 0. The summed E-state index contributed by atoms with van der Waals surface area (Å²) in [5, 5.41) is 0. The first-order valence-corrected chi connectivity index (χ1v) is 6.73. The monoisotopic (exact) mass is 285 g/mol. The van der Waals surface area contributed by atoms with Crippen molar-refractivity contribution in [2.75, 3.05) is 13.1 Å². The summed E-state index contributed by atoms with van der Waals surface area (Å²) in [4.78, 5) is 13.7. The molecule has 1 amide bonds. The van der Waals surface area contributed by atoms with Crippen LogP contribution in [0.1, 0.15) is 34.3 Å². The molecule has 1 aliphatic rings. The summed E-state index contributed by atoms with van der Waals surface area (Å²) in [6.45, 7) is 3.89. The molecule has 2 rings (SSSR count). The number of halogens is 3. The first kappa shape index (κ1) is 14.9. The third-order valence-corrected chi connectivity index (χ3v) is 4.01. The number of rotatable bonds is 1. The van der Waals surface area contributed by atoms with Crippen molar-refractivity contribution in [3.05, 3.63) is 34.9 Å². The van der Waals surface area contributed by atoms with Gasteiger partial charge in [-0.2, -0.15) is 13.2 Å². The van der Waals surface area contributed by atoms with Gasteiger partial charge >= 0.3 is 6.18 Å². The Bertz CT molecular complexity index is 510. The molecule has 1 saturated heterocycles. The minimum Gasteiger partial charge on any atom is -0.338 e. The van der Waals surface area contributed by atoms with Gasteiger partial charge in [-0.05, 0) is 43.9 Å². The van der Waals surface area contributed by atoms with Gasteiger partial charge in [0.25, 0.3) is 5.91 Å². The van der Waals surface area contributed by atoms with E-state index in [2.05, 4.69) is 0 Å². The topological polar surface area (TPSA) is 20.3 Å². The summed E-state index contributed by atoms with van der Waals surface area (Å²) in [6, 6.07) is 5.34. The lowest BCUT2D eigenvalue weighted by Gasteiger charge is -2.34. The van der Waals surface area contributed by atoms with Crippen LogP contribution in [0.15, 0.2) is 18.2 Å². The van der Waals surface area contributed by atoms with Crippen LogP contribution < -0.4 is 0 Å². The van der Waals surface area contributed by atoms with Crippen molar-refractivity contribution in [3.63, 3.8) is 0 Å². The number of amides is 1. The highest BCUT2D eigenvalue weighted by molar-refractivity contribution is 5.96. The zero-order valence-electron chi connectivity index (χ0n) is 11.6. The Hall–Kier alpha value is -1.52. The third-order valence-electron chi connectivity index (χ3n) is 4.01. The number of nitrogens with zero attached hydrogens (tertiary/aromatic N) is 1. The van der Waals surface area contributed by atoms with Gasteiger partial charge < -0.3 is 4.90 Å². The maximum Gasteiger partial charge on any atom is 0.393 e. The highest BCUT2D eigenvalue weighted by atomic mass is 19.4. The first-order chi connectivity index (χ1) is 9.30. The van der Waals surface area contributed by atoms with E-state index in [-0.39, 0.29) is 18.9 Å². The maximum atomic E-state index is 12.8. The molecule has 20 heavy (non-hydrogen) atoms. The Labute approximate surface area is 116 Å². The van der Waals surface area contributed by atoms with E-state index in [0.717, 1.165) is 11.1 Å². The summed E-state index contributed by atoms with van der Waals surface area (Å²) >= 11 is 0. The highest BCUT2D eigenvalue weighted by Gasteiger charge is 2.42. The van der Waals surface area contributed by atoms with E-state index >= 15 is 0 Å². The van der Waals surface area contributed by atoms with Crippen molar-refractivity contribution in [2.45, 2.75) is 32.9 Å². The van der Waals surface area contributed by atoms with Gasteiger partial charge in [0, 0.05) is 18.7 Å². The molecule has 1 heterocycles. The van der Waals surface area contributed by atoms with Gasteiger partial charge in [0.05, 0.1) is 5.92 Å². The molecule has 1 atom stereocenters. The summed E-state index contributed by atoms with van der Waals surface area (Å²) in [6.07, 6.45) is -3.71. The molecule has 0 unspecified atom stereocenters. The molecule has 1 aromatic carbocycles. The average Bonchev–Trinajstić information content (AvgIpc) is 2.40. The second-order valence-electron chi connectivity index (χ2n) is 5.38. The SMILES string of the molecule is Cc1cccc(C(=O)N2CCC[C@H](C(F)(F)F)C2)c1C. The number of piperidine rings is 1.